The highest BCUT2D eigenvalue weighted by atomic mass is 35.5. The van der Waals surface area contributed by atoms with Gasteiger partial charge >= 0.3 is 0 Å². The molecule has 4 aliphatic heterocycles. The first-order chi connectivity index (χ1) is 19.0. The fourth-order valence-corrected chi connectivity index (χ4v) is 8.24. The minimum absolute atomic E-state index is 0.121. The Morgan fingerprint density at radius 3 is 2.44 bits per heavy atom. The molecule has 2 spiro atoms. The van der Waals surface area contributed by atoms with Crippen molar-refractivity contribution in [2.45, 2.75) is 29.8 Å². The highest BCUT2D eigenvalue weighted by Gasteiger charge is 2.81. The second kappa shape index (κ2) is 7.78. The molecule has 2 N–H and O–H groups in total. The Bertz CT molecular complexity index is 1770. The SMILES string of the molecule is O=C(c1ccc2ccccc2c1)[C@@H]1[C@@H]2CCCN2[C@@]2(C(=O)Nc3ccc(Cl)cc32)[C@@]12C(=O)Nc1ccccc12. The topological polar surface area (TPSA) is 78.5 Å². The zero-order chi connectivity index (χ0) is 26.5. The zero-order valence-corrected chi connectivity index (χ0v) is 21.7. The van der Waals surface area contributed by atoms with Gasteiger partial charge in [0.2, 0.25) is 5.91 Å². The minimum Gasteiger partial charge on any atom is -0.325 e. The monoisotopic (exact) mass is 533 g/mol. The standard InChI is InChI=1S/C32H24ClN3O3/c33-21-13-14-25-23(17-21)32(30(39)35-25)31(22-8-3-4-9-24(22)34-29(31)38)27(26-10-5-15-36(26)32)28(37)20-12-11-18-6-1-2-7-19(18)16-20/h1-4,6-9,11-14,16-17,26-27H,5,10,15H2,(H,34,38)(H,35,39)/t26-,27-,31+,32-/m0/s1. The Kier molecular flexibility index (Phi) is 4.57. The van der Waals surface area contributed by atoms with E-state index < -0.39 is 16.9 Å². The Hall–Kier alpha value is -4.00. The fourth-order valence-electron chi connectivity index (χ4n) is 8.07. The Balaban J connectivity index is 1.45. The number of ketones is 1. The summed E-state index contributed by atoms with van der Waals surface area (Å²) in [6.45, 7) is 0.600. The molecule has 4 atom stereocenters. The molecule has 2 fully saturated rings. The number of hydrogen-bond donors (Lipinski definition) is 2. The van der Waals surface area contributed by atoms with Gasteiger partial charge in [0.25, 0.3) is 5.91 Å². The van der Waals surface area contributed by atoms with Crippen LogP contribution in [-0.2, 0) is 20.5 Å². The Labute approximate surface area is 230 Å². The lowest BCUT2D eigenvalue weighted by molar-refractivity contribution is -0.137. The molecule has 0 aromatic heterocycles. The summed E-state index contributed by atoms with van der Waals surface area (Å²) < 4.78 is 0. The van der Waals surface area contributed by atoms with Crippen LogP contribution in [0.1, 0.15) is 34.3 Å². The number of benzene rings is 4. The molecule has 39 heavy (non-hydrogen) atoms. The van der Waals surface area contributed by atoms with E-state index in [1.54, 1.807) is 18.2 Å². The van der Waals surface area contributed by atoms with E-state index in [2.05, 4.69) is 15.5 Å². The lowest BCUT2D eigenvalue weighted by Gasteiger charge is -2.43. The molecule has 0 saturated carbocycles. The van der Waals surface area contributed by atoms with Crippen molar-refractivity contribution in [3.05, 3.63) is 107 Å². The van der Waals surface area contributed by atoms with Gasteiger partial charge in [0, 0.05) is 33.6 Å². The molecule has 0 aliphatic carbocycles. The third kappa shape index (κ3) is 2.63. The quantitative estimate of drug-likeness (QED) is 0.333. The number of Topliss-reactive ketones (excluding diaryl/α,β-unsaturated/α-hetero) is 1. The molecule has 4 heterocycles. The summed E-state index contributed by atoms with van der Waals surface area (Å²) in [5.74, 6) is -1.50. The van der Waals surface area contributed by atoms with Crippen LogP contribution in [0.25, 0.3) is 10.8 Å². The molecule has 192 valence electrons. The van der Waals surface area contributed by atoms with Gasteiger partial charge in [-0.2, -0.15) is 0 Å². The van der Waals surface area contributed by atoms with E-state index in [9.17, 15) is 14.4 Å². The maximum atomic E-state index is 14.8. The van der Waals surface area contributed by atoms with Crippen LogP contribution in [0, 0.1) is 5.92 Å². The smallest absolute Gasteiger partial charge is 0.251 e. The third-order valence-electron chi connectivity index (χ3n) is 9.37. The molecule has 4 aromatic carbocycles. The van der Waals surface area contributed by atoms with Crippen LogP contribution in [0.4, 0.5) is 11.4 Å². The van der Waals surface area contributed by atoms with Crippen LogP contribution in [0.15, 0.2) is 84.9 Å². The average Bonchev–Trinajstić information content (AvgIpc) is 3.67. The van der Waals surface area contributed by atoms with Gasteiger partial charge in [-0.05, 0) is 66.1 Å². The highest BCUT2D eigenvalue weighted by molar-refractivity contribution is 6.31. The average molecular weight is 534 g/mol. The number of rotatable bonds is 2. The van der Waals surface area contributed by atoms with Gasteiger partial charge in [-0.15, -0.1) is 0 Å². The van der Waals surface area contributed by atoms with Gasteiger partial charge < -0.3 is 10.6 Å². The van der Waals surface area contributed by atoms with Gasteiger partial charge in [0.05, 0.1) is 5.92 Å². The third-order valence-corrected chi connectivity index (χ3v) is 9.61. The van der Waals surface area contributed by atoms with Crippen molar-refractivity contribution in [3.8, 4) is 0 Å². The molecule has 0 radical (unpaired) electrons. The first kappa shape index (κ1) is 22.9. The molecule has 4 aromatic rings. The molecular weight excluding hydrogens is 510 g/mol. The maximum Gasteiger partial charge on any atom is 0.251 e. The van der Waals surface area contributed by atoms with Gasteiger partial charge in [0.15, 0.2) is 5.78 Å². The van der Waals surface area contributed by atoms with Crippen molar-refractivity contribution in [1.82, 2.24) is 4.90 Å². The van der Waals surface area contributed by atoms with Crippen LogP contribution in [0.3, 0.4) is 0 Å². The minimum atomic E-state index is -1.47. The summed E-state index contributed by atoms with van der Waals surface area (Å²) in [6.07, 6.45) is 1.54. The molecule has 0 bridgehead atoms. The number of para-hydroxylation sites is 1. The normalized spacial score (nSPS) is 28.5. The summed E-state index contributed by atoms with van der Waals surface area (Å²) >= 11 is 6.53. The number of carbonyl (C=O) groups excluding carboxylic acids is 3. The summed E-state index contributed by atoms with van der Waals surface area (Å²) in [7, 11) is 0. The van der Waals surface area contributed by atoms with E-state index in [1.807, 2.05) is 66.7 Å². The van der Waals surface area contributed by atoms with Gasteiger partial charge in [-0.3, -0.25) is 19.3 Å². The molecule has 4 aliphatic rings. The summed E-state index contributed by atoms with van der Waals surface area (Å²) in [5.41, 5.74) is 0.274. The van der Waals surface area contributed by atoms with Crippen molar-refractivity contribution in [1.29, 1.82) is 0 Å². The van der Waals surface area contributed by atoms with Gasteiger partial charge in [-0.25, -0.2) is 0 Å². The summed E-state index contributed by atoms with van der Waals surface area (Å²) in [4.78, 5) is 45.9. The fraction of sp³-hybridized carbons (Fsp3) is 0.219. The first-order valence-corrected chi connectivity index (χ1v) is 13.7. The number of hydrogen-bond acceptors (Lipinski definition) is 4. The number of fused-ring (bicyclic) bond motifs is 8. The van der Waals surface area contributed by atoms with Crippen LogP contribution < -0.4 is 10.6 Å². The lowest BCUT2D eigenvalue weighted by atomic mass is 9.57. The highest BCUT2D eigenvalue weighted by Crippen LogP contribution is 2.68. The van der Waals surface area contributed by atoms with Crippen molar-refractivity contribution in [2.24, 2.45) is 5.92 Å². The number of nitrogens with one attached hydrogen (secondary N) is 2. The predicted octanol–water partition coefficient (Wildman–Crippen LogP) is 5.51. The second-order valence-corrected chi connectivity index (χ2v) is 11.4. The zero-order valence-electron chi connectivity index (χ0n) is 20.9. The van der Waals surface area contributed by atoms with E-state index in [0.29, 0.717) is 46.1 Å². The maximum absolute atomic E-state index is 14.8. The van der Waals surface area contributed by atoms with Crippen LogP contribution >= 0.6 is 11.6 Å². The molecule has 2 saturated heterocycles. The first-order valence-electron chi connectivity index (χ1n) is 13.3. The van der Waals surface area contributed by atoms with Crippen LogP contribution in [0.2, 0.25) is 5.02 Å². The number of halogens is 1. The molecule has 0 unspecified atom stereocenters. The van der Waals surface area contributed by atoms with E-state index in [1.165, 1.54) is 0 Å². The van der Waals surface area contributed by atoms with Crippen molar-refractivity contribution >= 4 is 51.3 Å². The van der Waals surface area contributed by atoms with Gasteiger partial charge in [0.1, 0.15) is 11.0 Å². The van der Waals surface area contributed by atoms with Crippen molar-refractivity contribution in [2.75, 3.05) is 17.2 Å². The van der Waals surface area contributed by atoms with E-state index in [-0.39, 0.29) is 23.6 Å². The summed E-state index contributed by atoms with van der Waals surface area (Å²) in [5, 5.41) is 8.61. The van der Waals surface area contributed by atoms with Crippen LogP contribution in [0.5, 0.6) is 0 Å². The Morgan fingerprint density at radius 1 is 0.821 bits per heavy atom. The molecule has 8 rings (SSSR count). The molecule has 7 heteroatoms. The second-order valence-electron chi connectivity index (χ2n) is 11.0. The molecule has 2 amide bonds. The molecule has 6 nitrogen and oxygen atoms in total. The number of carbonyl (C=O) groups is 3. The van der Waals surface area contributed by atoms with Crippen LogP contribution in [-0.4, -0.2) is 35.1 Å². The molecular formula is C32H24ClN3O3. The van der Waals surface area contributed by atoms with Crippen molar-refractivity contribution < 1.29 is 14.4 Å². The number of anilines is 2. The predicted molar refractivity (Wildman–Crippen MR) is 150 cm³/mol. The summed E-state index contributed by atoms with van der Waals surface area (Å²) in [6, 6.07) is 26.1. The lowest BCUT2D eigenvalue weighted by Crippen LogP contribution is -2.62. The van der Waals surface area contributed by atoms with E-state index in [0.717, 1.165) is 17.2 Å². The van der Waals surface area contributed by atoms with E-state index >= 15 is 0 Å². The number of amides is 2. The Morgan fingerprint density at radius 2 is 1.56 bits per heavy atom. The van der Waals surface area contributed by atoms with Crippen molar-refractivity contribution in [3.63, 3.8) is 0 Å². The number of nitrogens with zero attached hydrogens (tertiary/aromatic N) is 1. The van der Waals surface area contributed by atoms with E-state index in [4.69, 9.17) is 11.6 Å². The largest absolute Gasteiger partial charge is 0.325 e. The van der Waals surface area contributed by atoms with Gasteiger partial charge in [-0.1, -0.05) is 66.2 Å².